The molecule has 0 saturated carbocycles. The number of ether oxygens (including phenoxy) is 1. The molecule has 0 aliphatic heterocycles. The Hall–Kier alpha value is -1.76. The zero-order valence-electron chi connectivity index (χ0n) is 14.7. The molecule has 0 bridgehead atoms. The van der Waals surface area contributed by atoms with Gasteiger partial charge in [-0.1, -0.05) is 75.6 Å². The maximum atomic E-state index is 6.03. The average molecular weight is 310 g/mol. The molecule has 0 atom stereocenters. The lowest BCUT2D eigenvalue weighted by Crippen LogP contribution is -2.03. The lowest BCUT2D eigenvalue weighted by atomic mass is 9.95. The number of aryl methyl sites for hydroxylation is 1. The van der Waals surface area contributed by atoms with Crippen molar-refractivity contribution in [1.82, 2.24) is 0 Å². The van der Waals surface area contributed by atoms with Crippen LogP contribution < -0.4 is 4.74 Å². The van der Waals surface area contributed by atoms with E-state index < -0.39 is 0 Å². The predicted octanol–water partition coefficient (Wildman–Crippen LogP) is 6.19. The molecule has 124 valence electrons. The zero-order valence-corrected chi connectivity index (χ0v) is 14.7. The molecule has 0 amide bonds. The van der Waals surface area contributed by atoms with Crippen molar-refractivity contribution in [2.75, 3.05) is 6.61 Å². The van der Waals surface area contributed by atoms with E-state index in [1.807, 2.05) is 0 Å². The summed E-state index contributed by atoms with van der Waals surface area (Å²) in [7, 11) is 0. The first kappa shape index (κ1) is 17.6. The van der Waals surface area contributed by atoms with E-state index >= 15 is 0 Å². The summed E-state index contributed by atoms with van der Waals surface area (Å²) < 4.78 is 6.03. The van der Waals surface area contributed by atoms with Gasteiger partial charge in [0.2, 0.25) is 0 Å². The van der Waals surface area contributed by atoms with Crippen molar-refractivity contribution >= 4 is 0 Å². The summed E-state index contributed by atoms with van der Waals surface area (Å²) in [4.78, 5) is 0. The van der Waals surface area contributed by atoms with Crippen molar-refractivity contribution in [2.45, 2.75) is 58.8 Å². The average Bonchev–Trinajstić information content (AvgIpc) is 2.59. The van der Waals surface area contributed by atoms with Crippen molar-refractivity contribution in [2.24, 2.45) is 0 Å². The van der Waals surface area contributed by atoms with Crippen LogP contribution in [-0.2, 0) is 12.8 Å². The van der Waals surface area contributed by atoms with Gasteiger partial charge in [-0.05, 0) is 36.5 Å². The van der Waals surface area contributed by atoms with Gasteiger partial charge in [0.05, 0.1) is 6.61 Å². The van der Waals surface area contributed by atoms with Crippen LogP contribution in [0.2, 0.25) is 0 Å². The van der Waals surface area contributed by atoms with Gasteiger partial charge in [-0.15, -0.1) is 0 Å². The molecule has 2 aromatic rings. The number of hydrogen-bond donors (Lipinski definition) is 0. The van der Waals surface area contributed by atoms with Crippen LogP contribution in [0.4, 0.5) is 0 Å². The van der Waals surface area contributed by atoms with Crippen molar-refractivity contribution in [1.29, 1.82) is 0 Å². The molecule has 1 heteroatoms. The van der Waals surface area contributed by atoms with E-state index in [2.05, 4.69) is 62.4 Å². The molecule has 0 heterocycles. The summed E-state index contributed by atoms with van der Waals surface area (Å²) in [5.41, 5.74) is 4.19. The second-order valence-electron chi connectivity index (χ2n) is 6.22. The second kappa shape index (κ2) is 10.1. The number of rotatable bonds is 10. The van der Waals surface area contributed by atoms with Crippen LogP contribution in [0.1, 0.15) is 62.6 Å². The van der Waals surface area contributed by atoms with E-state index in [-0.39, 0.29) is 0 Å². The minimum absolute atomic E-state index is 0.793. The van der Waals surface area contributed by atoms with Crippen molar-refractivity contribution in [3.05, 3.63) is 65.2 Å². The smallest absolute Gasteiger partial charge is 0.123 e. The van der Waals surface area contributed by atoms with Gasteiger partial charge < -0.3 is 4.74 Å². The van der Waals surface area contributed by atoms with Crippen LogP contribution in [-0.4, -0.2) is 6.61 Å². The molecule has 1 nitrogen and oxygen atoms in total. The van der Waals surface area contributed by atoms with Crippen molar-refractivity contribution in [3.8, 4) is 5.75 Å². The van der Waals surface area contributed by atoms with E-state index in [1.165, 1.54) is 42.4 Å². The highest BCUT2D eigenvalue weighted by atomic mass is 16.5. The molecule has 0 aliphatic carbocycles. The highest BCUT2D eigenvalue weighted by Gasteiger charge is 2.10. The molecule has 0 fully saturated rings. The first-order valence-electron chi connectivity index (χ1n) is 9.12. The summed E-state index contributed by atoms with van der Waals surface area (Å²) in [6.07, 6.45) is 8.38. The molecule has 0 radical (unpaired) electrons. The molecule has 0 aromatic heterocycles. The van der Waals surface area contributed by atoms with Gasteiger partial charge in [-0.2, -0.15) is 0 Å². The van der Waals surface area contributed by atoms with Crippen LogP contribution >= 0.6 is 0 Å². The summed E-state index contributed by atoms with van der Waals surface area (Å²) in [5, 5.41) is 0. The van der Waals surface area contributed by atoms with Gasteiger partial charge in [0.1, 0.15) is 5.75 Å². The van der Waals surface area contributed by atoms with Crippen molar-refractivity contribution < 1.29 is 4.74 Å². The normalized spacial score (nSPS) is 10.7. The van der Waals surface area contributed by atoms with E-state index in [4.69, 9.17) is 4.74 Å². The fourth-order valence-electron chi connectivity index (χ4n) is 2.94. The second-order valence-corrected chi connectivity index (χ2v) is 6.22. The SMILES string of the molecule is CCCCCCc1cccc(OCCC)c1Cc1ccccc1. The summed E-state index contributed by atoms with van der Waals surface area (Å²) in [6, 6.07) is 17.3. The van der Waals surface area contributed by atoms with E-state index in [1.54, 1.807) is 0 Å². The molecule has 0 spiro atoms. The van der Waals surface area contributed by atoms with Crippen LogP contribution in [0.5, 0.6) is 5.75 Å². The Bertz CT molecular complexity index is 559. The monoisotopic (exact) mass is 310 g/mol. The Morgan fingerprint density at radius 3 is 2.35 bits per heavy atom. The molecule has 0 saturated heterocycles. The van der Waals surface area contributed by atoms with Gasteiger partial charge in [-0.3, -0.25) is 0 Å². The van der Waals surface area contributed by atoms with Gasteiger partial charge in [0, 0.05) is 12.0 Å². The van der Waals surface area contributed by atoms with Crippen LogP contribution in [0.15, 0.2) is 48.5 Å². The predicted molar refractivity (Wildman–Crippen MR) is 99.3 cm³/mol. The van der Waals surface area contributed by atoms with E-state index in [0.29, 0.717) is 0 Å². The number of hydrogen-bond acceptors (Lipinski definition) is 1. The Morgan fingerprint density at radius 2 is 1.61 bits per heavy atom. The van der Waals surface area contributed by atoms with Crippen LogP contribution in [0, 0.1) is 0 Å². The molecular weight excluding hydrogens is 280 g/mol. The Morgan fingerprint density at radius 1 is 0.783 bits per heavy atom. The molecule has 0 N–H and O–H groups in total. The van der Waals surface area contributed by atoms with Crippen LogP contribution in [0.3, 0.4) is 0 Å². The highest BCUT2D eigenvalue weighted by Crippen LogP contribution is 2.27. The first-order valence-corrected chi connectivity index (χ1v) is 9.12. The lowest BCUT2D eigenvalue weighted by molar-refractivity contribution is 0.314. The molecule has 2 rings (SSSR count). The Labute approximate surface area is 141 Å². The van der Waals surface area contributed by atoms with E-state index in [9.17, 15) is 0 Å². The first-order chi connectivity index (χ1) is 11.3. The third-order valence-electron chi connectivity index (χ3n) is 4.22. The molecular formula is C22H30O. The summed E-state index contributed by atoms with van der Waals surface area (Å²) in [5.74, 6) is 1.07. The summed E-state index contributed by atoms with van der Waals surface area (Å²) >= 11 is 0. The third kappa shape index (κ3) is 5.74. The largest absolute Gasteiger partial charge is 0.493 e. The van der Waals surface area contributed by atoms with Crippen LogP contribution in [0.25, 0.3) is 0 Å². The fraction of sp³-hybridized carbons (Fsp3) is 0.455. The quantitative estimate of drug-likeness (QED) is 0.475. The molecule has 0 unspecified atom stereocenters. The fourth-order valence-corrected chi connectivity index (χ4v) is 2.94. The maximum Gasteiger partial charge on any atom is 0.123 e. The highest BCUT2D eigenvalue weighted by molar-refractivity contribution is 5.43. The van der Waals surface area contributed by atoms with Gasteiger partial charge in [-0.25, -0.2) is 0 Å². The minimum Gasteiger partial charge on any atom is -0.493 e. The maximum absolute atomic E-state index is 6.03. The van der Waals surface area contributed by atoms with Crippen molar-refractivity contribution in [3.63, 3.8) is 0 Å². The minimum atomic E-state index is 0.793. The van der Waals surface area contributed by atoms with Gasteiger partial charge in [0.25, 0.3) is 0 Å². The molecule has 0 aliphatic rings. The molecule has 23 heavy (non-hydrogen) atoms. The van der Waals surface area contributed by atoms with Gasteiger partial charge >= 0.3 is 0 Å². The topological polar surface area (TPSA) is 9.23 Å². The Kier molecular flexibility index (Phi) is 7.72. The zero-order chi connectivity index (χ0) is 16.3. The summed E-state index contributed by atoms with van der Waals surface area (Å²) in [6.45, 7) is 5.21. The van der Waals surface area contributed by atoms with Gasteiger partial charge in [0.15, 0.2) is 0 Å². The standard InChI is InChI=1S/C22H30O/c1-3-5-6-10-14-20-15-11-16-22(23-17-4-2)21(20)18-19-12-8-7-9-13-19/h7-9,11-13,15-16H,3-6,10,14,17-18H2,1-2H3. The number of benzene rings is 2. The lowest BCUT2D eigenvalue weighted by Gasteiger charge is -2.16. The molecule has 2 aromatic carbocycles. The third-order valence-corrected chi connectivity index (χ3v) is 4.22. The van der Waals surface area contributed by atoms with E-state index in [0.717, 1.165) is 31.6 Å². The Balaban J connectivity index is 2.18. The number of unbranched alkanes of at least 4 members (excludes halogenated alkanes) is 3.